The number of benzene rings is 3. The van der Waals surface area contributed by atoms with Crippen molar-refractivity contribution in [3.63, 3.8) is 0 Å². The third-order valence-electron chi connectivity index (χ3n) is 4.93. The second-order valence-electron chi connectivity index (χ2n) is 6.74. The third-order valence-corrected chi connectivity index (χ3v) is 4.93. The van der Waals surface area contributed by atoms with Crippen LogP contribution in [0.4, 0.5) is 0 Å². The van der Waals surface area contributed by atoms with Crippen LogP contribution in [0.15, 0.2) is 91.0 Å². The Labute approximate surface area is 170 Å². The molecule has 29 heavy (non-hydrogen) atoms. The molecule has 4 heteroatoms. The average molecular weight is 386 g/mol. The van der Waals surface area contributed by atoms with Gasteiger partial charge in [-0.15, -0.1) is 0 Å². The lowest BCUT2D eigenvalue weighted by Crippen LogP contribution is -2.32. The van der Waals surface area contributed by atoms with Gasteiger partial charge in [0.05, 0.1) is 19.4 Å². The Bertz CT molecular complexity index is 914. The van der Waals surface area contributed by atoms with Crippen LogP contribution in [0, 0.1) is 5.92 Å². The summed E-state index contributed by atoms with van der Waals surface area (Å²) < 4.78 is 4.86. The van der Waals surface area contributed by atoms with E-state index in [2.05, 4.69) is 0 Å². The summed E-state index contributed by atoms with van der Waals surface area (Å²) in [5.41, 5.74) is 1.62. The van der Waals surface area contributed by atoms with Crippen LogP contribution >= 0.6 is 0 Å². The molecule has 0 heterocycles. The number of hydrogen-bond donors (Lipinski definition) is 0. The van der Waals surface area contributed by atoms with Crippen molar-refractivity contribution in [2.75, 3.05) is 7.11 Å². The summed E-state index contributed by atoms with van der Waals surface area (Å²) in [5.74, 6) is -2.76. The number of carbonyl (C=O) groups excluding carboxylic acids is 3. The number of ether oxygens (including phenoxy) is 1. The maximum Gasteiger partial charge on any atom is 0.306 e. The lowest BCUT2D eigenvalue weighted by molar-refractivity contribution is -0.141. The maximum absolute atomic E-state index is 13.5. The van der Waals surface area contributed by atoms with Gasteiger partial charge < -0.3 is 4.74 Å². The van der Waals surface area contributed by atoms with E-state index in [9.17, 15) is 14.4 Å². The minimum atomic E-state index is -1.04. The van der Waals surface area contributed by atoms with Gasteiger partial charge in [0.1, 0.15) is 0 Å². The zero-order chi connectivity index (χ0) is 20.6. The molecule has 1 atom stereocenters. The lowest BCUT2D eigenvalue weighted by atomic mass is 9.75. The quantitative estimate of drug-likeness (QED) is 0.319. The van der Waals surface area contributed by atoms with Gasteiger partial charge in [-0.3, -0.25) is 14.4 Å². The van der Waals surface area contributed by atoms with Crippen LogP contribution in [0.3, 0.4) is 0 Å². The average Bonchev–Trinajstić information content (AvgIpc) is 2.80. The molecule has 0 aromatic heterocycles. The number of Topliss-reactive ketones (excluding diaryl/α,β-unsaturated/α-hetero) is 2. The Morgan fingerprint density at radius 1 is 0.690 bits per heavy atom. The molecule has 0 saturated carbocycles. The Morgan fingerprint density at radius 2 is 1.10 bits per heavy atom. The molecule has 0 saturated heterocycles. The highest BCUT2D eigenvalue weighted by molar-refractivity contribution is 6.17. The molecule has 0 fully saturated rings. The zero-order valence-electron chi connectivity index (χ0n) is 16.2. The van der Waals surface area contributed by atoms with E-state index in [0.717, 1.165) is 5.56 Å². The molecule has 3 rings (SSSR count). The normalized spacial score (nSPS) is 11.7. The summed E-state index contributed by atoms with van der Waals surface area (Å²) in [6, 6.07) is 26.6. The number of hydrogen-bond acceptors (Lipinski definition) is 4. The van der Waals surface area contributed by atoms with E-state index in [1.807, 2.05) is 42.5 Å². The van der Waals surface area contributed by atoms with Gasteiger partial charge in [0, 0.05) is 17.0 Å². The molecule has 0 N–H and O–H groups in total. The Morgan fingerprint density at radius 3 is 1.52 bits per heavy atom. The van der Waals surface area contributed by atoms with Crippen molar-refractivity contribution in [2.24, 2.45) is 5.92 Å². The van der Waals surface area contributed by atoms with Gasteiger partial charge in [-0.25, -0.2) is 0 Å². The summed E-state index contributed by atoms with van der Waals surface area (Å²) in [5, 5.41) is 0. The third kappa shape index (κ3) is 4.85. The standard InChI is InChI=1S/C25H22O4/c1-29-22(26)17-21(18-11-5-2-6-12-18)23(24(27)19-13-7-3-8-14-19)25(28)20-15-9-4-10-16-20/h2-16,21,23H,17H2,1H3. The summed E-state index contributed by atoms with van der Waals surface area (Å²) in [6.07, 6.45) is -0.0671. The molecular weight excluding hydrogens is 364 g/mol. The molecule has 1 unspecified atom stereocenters. The minimum Gasteiger partial charge on any atom is -0.469 e. The fourth-order valence-corrected chi connectivity index (χ4v) is 3.44. The minimum absolute atomic E-state index is 0.0671. The fourth-order valence-electron chi connectivity index (χ4n) is 3.44. The Hall–Kier alpha value is -3.53. The molecular formula is C25H22O4. The molecule has 3 aromatic rings. The molecule has 3 aromatic carbocycles. The van der Waals surface area contributed by atoms with Crippen molar-refractivity contribution in [1.82, 2.24) is 0 Å². The summed E-state index contributed by atoms with van der Waals surface area (Å²) >= 11 is 0. The number of carbonyl (C=O) groups is 3. The largest absolute Gasteiger partial charge is 0.469 e. The second kappa shape index (κ2) is 9.60. The number of rotatable bonds is 8. The summed E-state index contributed by atoms with van der Waals surface area (Å²) in [7, 11) is 1.30. The highest BCUT2D eigenvalue weighted by atomic mass is 16.5. The van der Waals surface area contributed by atoms with Gasteiger partial charge in [0.15, 0.2) is 11.6 Å². The van der Waals surface area contributed by atoms with Crippen LogP contribution in [0.25, 0.3) is 0 Å². The molecule has 0 radical (unpaired) electrons. The van der Waals surface area contributed by atoms with Crippen molar-refractivity contribution in [3.8, 4) is 0 Å². The number of ketones is 2. The van der Waals surface area contributed by atoms with Gasteiger partial charge in [-0.1, -0.05) is 91.0 Å². The molecule has 0 aliphatic heterocycles. The van der Waals surface area contributed by atoms with Gasteiger partial charge in [0.2, 0.25) is 0 Å². The van der Waals surface area contributed by atoms with E-state index < -0.39 is 17.8 Å². The fraction of sp³-hybridized carbons (Fsp3) is 0.160. The van der Waals surface area contributed by atoms with Gasteiger partial charge in [-0.2, -0.15) is 0 Å². The van der Waals surface area contributed by atoms with E-state index in [0.29, 0.717) is 11.1 Å². The molecule has 0 spiro atoms. The monoisotopic (exact) mass is 386 g/mol. The van der Waals surface area contributed by atoms with Gasteiger partial charge in [-0.05, 0) is 5.56 Å². The van der Waals surface area contributed by atoms with E-state index in [1.165, 1.54) is 7.11 Å². The van der Waals surface area contributed by atoms with E-state index >= 15 is 0 Å². The van der Waals surface area contributed by atoms with E-state index in [-0.39, 0.29) is 18.0 Å². The summed E-state index contributed by atoms with van der Waals surface area (Å²) in [4.78, 5) is 39.1. The van der Waals surface area contributed by atoms with E-state index in [4.69, 9.17) is 4.74 Å². The van der Waals surface area contributed by atoms with Crippen molar-refractivity contribution < 1.29 is 19.1 Å². The first-order valence-corrected chi connectivity index (χ1v) is 9.42. The predicted octanol–water partition coefficient (Wildman–Crippen LogP) is 4.72. The molecule has 0 bridgehead atoms. The Balaban J connectivity index is 2.11. The SMILES string of the molecule is COC(=O)CC(c1ccccc1)C(C(=O)c1ccccc1)C(=O)c1ccccc1. The van der Waals surface area contributed by atoms with Crippen molar-refractivity contribution in [3.05, 3.63) is 108 Å². The van der Waals surface area contributed by atoms with Crippen LogP contribution in [-0.4, -0.2) is 24.6 Å². The smallest absolute Gasteiger partial charge is 0.306 e. The topological polar surface area (TPSA) is 60.4 Å². The molecule has 0 aliphatic rings. The lowest BCUT2D eigenvalue weighted by Gasteiger charge is -2.25. The Kier molecular flexibility index (Phi) is 6.69. The second-order valence-corrected chi connectivity index (χ2v) is 6.74. The molecule has 4 nitrogen and oxygen atoms in total. The molecule has 0 amide bonds. The summed E-state index contributed by atoms with van der Waals surface area (Å²) in [6.45, 7) is 0. The van der Waals surface area contributed by atoms with Crippen molar-refractivity contribution >= 4 is 17.5 Å². The van der Waals surface area contributed by atoms with Crippen LogP contribution in [0.2, 0.25) is 0 Å². The highest BCUT2D eigenvalue weighted by Gasteiger charge is 2.38. The number of esters is 1. The van der Waals surface area contributed by atoms with Crippen molar-refractivity contribution in [1.29, 1.82) is 0 Å². The van der Waals surface area contributed by atoms with Crippen LogP contribution in [0.5, 0.6) is 0 Å². The van der Waals surface area contributed by atoms with Gasteiger partial charge >= 0.3 is 5.97 Å². The molecule has 0 aliphatic carbocycles. The first-order valence-electron chi connectivity index (χ1n) is 9.42. The van der Waals surface area contributed by atoms with Crippen LogP contribution in [-0.2, 0) is 9.53 Å². The first-order chi connectivity index (χ1) is 14.1. The van der Waals surface area contributed by atoms with E-state index in [1.54, 1.807) is 48.5 Å². The van der Waals surface area contributed by atoms with Gasteiger partial charge in [0.25, 0.3) is 0 Å². The zero-order valence-corrected chi connectivity index (χ0v) is 16.2. The molecule has 146 valence electrons. The number of methoxy groups -OCH3 is 1. The first kappa shape index (κ1) is 20.2. The highest BCUT2D eigenvalue weighted by Crippen LogP contribution is 2.34. The van der Waals surface area contributed by atoms with Crippen LogP contribution in [0.1, 0.15) is 38.6 Å². The van der Waals surface area contributed by atoms with Crippen LogP contribution < -0.4 is 0 Å². The van der Waals surface area contributed by atoms with Crippen molar-refractivity contribution in [2.45, 2.75) is 12.3 Å². The predicted molar refractivity (Wildman–Crippen MR) is 111 cm³/mol. The maximum atomic E-state index is 13.5.